The largest absolute Gasteiger partial charge is 0.436 e. The van der Waals surface area contributed by atoms with Gasteiger partial charge in [-0.05, 0) is 56.2 Å². The second-order valence-electron chi connectivity index (χ2n) is 8.11. The number of piperazine rings is 1. The van der Waals surface area contributed by atoms with Gasteiger partial charge in [-0.2, -0.15) is 0 Å². The minimum Gasteiger partial charge on any atom is -0.436 e. The van der Waals surface area contributed by atoms with Gasteiger partial charge in [-0.15, -0.1) is 0 Å². The summed E-state index contributed by atoms with van der Waals surface area (Å²) in [5, 5.41) is 0. The summed E-state index contributed by atoms with van der Waals surface area (Å²) in [5.74, 6) is 0.397. The number of hydrogen-bond donors (Lipinski definition) is 0. The Kier molecular flexibility index (Phi) is 4.53. The highest BCUT2D eigenvalue weighted by molar-refractivity contribution is 5.95. The number of benzene rings is 2. The molecule has 5 rings (SSSR count). The quantitative estimate of drug-likeness (QED) is 0.664. The number of halogens is 1. The van der Waals surface area contributed by atoms with Gasteiger partial charge in [0.05, 0.1) is 0 Å². The molecule has 2 heterocycles. The molecule has 2 aromatic carbocycles. The number of carbonyl (C=O) groups excluding carboxylic acids is 2. The summed E-state index contributed by atoms with van der Waals surface area (Å²) in [4.78, 5) is 33.4. The minimum atomic E-state index is -0.376. The lowest BCUT2D eigenvalue weighted by Crippen LogP contribution is -2.55. The summed E-state index contributed by atoms with van der Waals surface area (Å²) < 4.78 is 19.0. The zero-order valence-corrected chi connectivity index (χ0v) is 16.7. The fourth-order valence-corrected chi connectivity index (χ4v) is 3.99. The number of aromatic nitrogens is 1. The first-order valence-electron chi connectivity index (χ1n) is 10.3. The summed E-state index contributed by atoms with van der Waals surface area (Å²) in [6.07, 6.45) is 1.99. The summed E-state index contributed by atoms with van der Waals surface area (Å²) in [5.41, 5.74) is 2.27. The number of hydrogen-bond acceptors (Lipinski definition) is 4. The van der Waals surface area contributed by atoms with Crippen molar-refractivity contribution in [2.45, 2.75) is 25.8 Å². The first kappa shape index (κ1) is 18.8. The van der Waals surface area contributed by atoms with Crippen LogP contribution in [0.4, 0.5) is 4.39 Å². The van der Waals surface area contributed by atoms with Crippen molar-refractivity contribution >= 4 is 22.9 Å². The van der Waals surface area contributed by atoms with E-state index in [0.717, 1.165) is 18.4 Å². The molecule has 7 heteroatoms. The molecule has 1 aliphatic heterocycles. The minimum absolute atomic E-state index is 0.0273. The second-order valence-corrected chi connectivity index (χ2v) is 8.11. The first-order valence-corrected chi connectivity index (χ1v) is 10.3. The summed E-state index contributed by atoms with van der Waals surface area (Å²) in [6.45, 7) is 3.69. The van der Waals surface area contributed by atoms with Crippen molar-refractivity contribution in [3.8, 4) is 11.5 Å². The highest BCUT2D eigenvalue weighted by Crippen LogP contribution is 2.32. The number of nitrogens with zero attached hydrogens (tertiary/aromatic N) is 3. The van der Waals surface area contributed by atoms with Gasteiger partial charge in [0.15, 0.2) is 5.58 Å². The zero-order chi connectivity index (χ0) is 20.8. The van der Waals surface area contributed by atoms with E-state index in [0.29, 0.717) is 42.2 Å². The van der Waals surface area contributed by atoms with Crippen LogP contribution in [0.5, 0.6) is 0 Å². The van der Waals surface area contributed by atoms with Crippen LogP contribution >= 0.6 is 0 Å². The third kappa shape index (κ3) is 3.44. The van der Waals surface area contributed by atoms with Gasteiger partial charge < -0.3 is 14.2 Å². The van der Waals surface area contributed by atoms with Crippen molar-refractivity contribution in [2.24, 2.45) is 5.92 Å². The van der Waals surface area contributed by atoms with Crippen molar-refractivity contribution in [3.63, 3.8) is 0 Å². The maximum Gasteiger partial charge on any atom is 0.254 e. The summed E-state index contributed by atoms with van der Waals surface area (Å²) in [6, 6.07) is 11.3. The average molecular weight is 407 g/mol. The Bertz CT molecular complexity index is 1120. The lowest BCUT2D eigenvalue weighted by molar-refractivity contribution is -0.135. The molecule has 1 saturated carbocycles. The first-order chi connectivity index (χ1) is 14.5. The van der Waals surface area contributed by atoms with E-state index >= 15 is 0 Å². The van der Waals surface area contributed by atoms with Crippen LogP contribution in [0.3, 0.4) is 0 Å². The van der Waals surface area contributed by atoms with Crippen LogP contribution in [0, 0.1) is 11.7 Å². The van der Waals surface area contributed by atoms with Crippen molar-refractivity contribution in [1.29, 1.82) is 0 Å². The zero-order valence-electron chi connectivity index (χ0n) is 16.7. The van der Waals surface area contributed by atoms with E-state index < -0.39 is 0 Å². The van der Waals surface area contributed by atoms with Crippen molar-refractivity contribution in [1.82, 2.24) is 14.8 Å². The number of rotatable bonds is 3. The third-order valence-electron chi connectivity index (χ3n) is 5.86. The van der Waals surface area contributed by atoms with Crippen LogP contribution in [-0.4, -0.2) is 52.3 Å². The van der Waals surface area contributed by atoms with Crippen molar-refractivity contribution < 1.29 is 18.4 Å². The van der Waals surface area contributed by atoms with Gasteiger partial charge in [-0.3, -0.25) is 9.59 Å². The average Bonchev–Trinajstić information content (AvgIpc) is 3.52. The van der Waals surface area contributed by atoms with Gasteiger partial charge in [0.1, 0.15) is 11.3 Å². The van der Waals surface area contributed by atoms with E-state index in [1.54, 1.807) is 30.3 Å². The molecule has 1 aliphatic carbocycles. The molecule has 0 radical (unpaired) electrons. The topological polar surface area (TPSA) is 66.7 Å². The number of carbonyl (C=O) groups is 2. The predicted octanol–water partition coefficient (Wildman–Crippen LogP) is 3.72. The van der Waals surface area contributed by atoms with E-state index in [2.05, 4.69) is 4.98 Å². The Morgan fingerprint density at radius 3 is 2.57 bits per heavy atom. The molecule has 6 nitrogen and oxygen atoms in total. The van der Waals surface area contributed by atoms with E-state index in [-0.39, 0.29) is 29.6 Å². The molecule has 3 aromatic rings. The molecule has 1 atom stereocenters. The van der Waals surface area contributed by atoms with Gasteiger partial charge in [0.25, 0.3) is 5.91 Å². The smallest absolute Gasteiger partial charge is 0.254 e. The molecule has 30 heavy (non-hydrogen) atoms. The molecule has 1 saturated heterocycles. The van der Waals surface area contributed by atoms with Crippen molar-refractivity contribution in [2.75, 3.05) is 19.6 Å². The molecular weight excluding hydrogens is 385 g/mol. The number of fused-ring (bicyclic) bond motifs is 1. The normalized spacial score (nSPS) is 19.3. The highest BCUT2D eigenvalue weighted by Gasteiger charge is 2.37. The molecule has 1 aromatic heterocycles. The van der Waals surface area contributed by atoms with Gasteiger partial charge >= 0.3 is 0 Å². The van der Waals surface area contributed by atoms with Crippen molar-refractivity contribution in [3.05, 3.63) is 53.8 Å². The van der Waals surface area contributed by atoms with Crippen LogP contribution in [-0.2, 0) is 4.79 Å². The Labute approximate surface area is 173 Å². The Hall–Kier alpha value is -3.22. The molecule has 2 fully saturated rings. The van der Waals surface area contributed by atoms with Crippen LogP contribution in [0.2, 0.25) is 0 Å². The van der Waals surface area contributed by atoms with Gasteiger partial charge in [0.2, 0.25) is 11.8 Å². The van der Waals surface area contributed by atoms with Crippen LogP contribution in [0.15, 0.2) is 46.9 Å². The number of oxazole rings is 1. The molecule has 0 spiro atoms. The van der Waals surface area contributed by atoms with Gasteiger partial charge in [0, 0.05) is 48.8 Å². The van der Waals surface area contributed by atoms with E-state index in [4.69, 9.17) is 4.42 Å². The Morgan fingerprint density at radius 1 is 1.10 bits per heavy atom. The SMILES string of the molecule is CC1CN(C(=O)C2CC2)CCN1C(=O)c1ccc(-c2nc3ccc(F)cc3o2)cc1. The van der Waals surface area contributed by atoms with Gasteiger partial charge in [-0.25, -0.2) is 9.37 Å². The summed E-state index contributed by atoms with van der Waals surface area (Å²) in [7, 11) is 0. The van der Waals surface area contributed by atoms with E-state index in [1.165, 1.54) is 12.1 Å². The Balaban J connectivity index is 1.30. The molecule has 0 bridgehead atoms. The van der Waals surface area contributed by atoms with Gasteiger partial charge in [-0.1, -0.05) is 0 Å². The predicted molar refractivity (Wildman–Crippen MR) is 109 cm³/mol. The summed E-state index contributed by atoms with van der Waals surface area (Å²) >= 11 is 0. The molecule has 154 valence electrons. The van der Waals surface area contributed by atoms with Crippen LogP contribution in [0.1, 0.15) is 30.1 Å². The fraction of sp³-hybridized carbons (Fsp3) is 0.348. The van der Waals surface area contributed by atoms with E-state index in [1.807, 2.05) is 16.7 Å². The maximum absolute atomic E-state index is 13.4. The standard InChI is InChI=1S/C23H22FN3O3/c1-14-13-26(22(28)16-6-7-16)10-11-27(14)23(29)17-4-2-15(3-5-17)21-25-19-9-8-18(24)12-20(19)30-21/h2-5,8-9,12,14,16H,6-7,10-11,13H2,1H3. The lowest BCUT2D eigenvalue weighted by Gasteiger charge is -2.40. The molecule has 1 unspecified atom stereocenters. The van der Waals surface area contributed by atoms with E-state index in [9.17, 15) is 14.0 Å². The molecular formula is C23H22FN3O3. The fourth-order valence-electron chi connectivity index (χ4n) is 3.99. The molecule has 0 N–H and O–H groups in total. The monoisotopic (exact) mass is 407 g/mol. The van der Waals surface area contributed by atoms with Crippen LogP contribution in [0.25, 0.3) is 22.6 Å². The van der Waals surface area contributed by atoms with Crippen LogP contribution < -0.4 is 0 Å². The lowest BCUT2D eigenvalue weighted by atomic mass is 10.1. The number of amides is 2. The Morgan fingerprint density at radius 2 is 1.87 bits per heavy atom. The third-order valence-corrected chi connectivity index (χ3v) is 5.86. The molecule has 2 amide bonds. The highest BCUT2D eigenvalue weighted by atomic mass is 19.1. The second kappa shape index (κ2) is 7.23. The maximum atomic E-state index is 13.4. The molecule has 2 aliphatic rings.